The molecule has 0 amide bonds. The van der Waals surface area contributed by atoms with Gasteiger partial charge in [-0.05, 0) is 37.6 Å². The first-order valence-electron chi connectivity index (χ1n) is 4.42. The van der Waals surface area contributed by atoms with Gasteiger partial charge in [-0.1, -0.05) is 18.5 Å². The molecule has 0 radical (unpaired) electrons. The fourth-order valence-electron chi connectivity index (χ4n) is 0.619. The van der Waals surface area contributed by atoms with Gasteiger partial charge in [-0.15, -0.1) is 0 Å². The summed E-state index contributed by atoms with van der Waals surface area (Å²) in [7, 11) is 0. The Balaban J connectivity index is 0.000000292. The van der Waals surface area contributed by atoms with Crippen LogP contribution in [0.3, 0.4) is 0 Å². The number of carbonyl (C=O) groups is 1. The largest absolute Gasteiger partial charge is 0.508 e. The zero-order chi connectivity index (χ0) is 11.1. The highest BCUT2D eigenvalue weighted by atomic mass is 35.5. The van der Waals surface area contributed by atoms with Crippen molar-refractivity contribution in [3.8, 4) is 5.75 Å². The van der Waals surface area contributed by atoms with Crippen molar-refractivity contribution in [1.82, 2.24) is 0 Å². The second-order valence-electron chi connectivity index (χ2n) is 2.99. The Kier molecular flexibility index (Phi) is 5.97. The van der Waals surface area contributed by atoms with Gasteiger partial charge in [0, 0.05) is 11.4 Å². The number of halogens is 1. The highest BCUT2D eigenvalue weighted by molar-refractivity contribution is 6.30. The van der Waals surface area contributed by atoms with Crippen molar-refractivity contribution >= 4 is 17.4 Å². The number of hydrogen-bond acceptors (Lipinski definition) is 2. The molecule has 0 atom stereocenters. The molecule has 2 nitrogen and oxygen atoms in total. The Morgan fingerprint density at radius 3 is 2.29 bits per heavy atom. The third kappa shape index (κ3) is 5.60. The number of benzene rings is 1. The molecule has 0 saturated carbocycles. The fraction of sp³-hybridized carbons (Fsp3) is 0.364. The van der Waals surface area contributed by atoms with Gasteiger partial charge in [-0.3, -0.25) is 0 Å². The lowest BCUT2D eigenvalue weighted by molar-refractivity contribution is -0.116. The van der Waals surface area contributed by atoms with Crippen molar-refractivity contribution in [3.05, 3.63) is 28.8 Å². The van der Waals surface area contributed by atoms with Crippen molar-refractivity contribution in [2.24, 2.45) is 0 Å². The van der Waals surface area contributed by atoms with E-state index in [9.17, 15) is 4.79 Å². The predicted molar refractivity (Wildman–Crippen MR) is 58.8 cm³/mol. The number of hydrogen-bond donors (Lipinski definition) is 1. The van der Waals surface area contributed by atoms with Crippen molar-refractivity contribution in [3.63, 3.8) is 0 Å². The van der Waals surface area contributed by atoms with Crippen LogP contribution in [0, 0.1) is 6.92 Å². The number of aryl methyl sites for hydroxylation is 1. The number of ketones is 1. The van der Waals surface area contributed by atoms with Crippen LogP contribution in [-0.2, 0) is 4.79 Å². The first kappa shape index (κ1) is 13.0. The molecule has 0 aromatic heterocycles. The van der Waals surface area contributed by atoms with Gasteiger partial charge in [0.1, 0.15) is 11.5 Å². The topological polar surface area (TPSA) is 37.3 Å². The molecule has 78 valence electrons. The molecule has 0 fully saturated rings. The molecular formula is C11H15ClO2. The summed E-state index contributed by atoms with van der Waals surface area (Å²) in [6.45, 7) is 5.24. The molecule has 14 heavy (non-hydrogen) atoms. The molecule has 0 saturated heterocycles. The lowest BCUT2D eigenvalue weighted by Crippen LogP contribution is -1.80. The number of phenolic OH excluding ortho intramolecular Hbond substituents is 1. The molecule has 1 aromatic rings. The minimum absolute atomic E-state index is 0.255. The number of Topliss-reactive ketones (excluding diaryl/α,β-unsaturated/α-hetero) is 1. The molecule has 0 aliphatic rings. The summed E-state index contributed by atoms with van der Waals surface area (Å²) in [6, 6.07) is 4.96. The summed E-state index contributed by atoms with van der Waals surface area (Å²) in [5.41, 5.74) is 0.808. The molecule has 1 N–H and O–H groups in total. The first-order chi connectivity index (χ1) is 6.47. The van der Waals surface area contributed by atoms with E-state index in [-0.39, 0.29) is 5.78 Å². The number of phenols is 1. The Bertz CT molecular complexity index is 308. The molecule has 0 unspecified atom stereocenters. The maximum absolute atomic E-state index is 9.81. The van der Waals surface area contributed by atoms with Crippen LogP contribution in [0.1, 0.15) is 25.8 Å². The van der Waals surface area contributed by atoms with Crippen LogP contribution >= 0.6 is 11.6 Å². The van der Waals surface area contributed by atoms with E-state index >= 15 is 0 Å². The van der Waals surface area contributed by atoms with E-state index in [2.05, 4.69) is 0 Å². The second-order valence-corrected chi connectivity index (χ2v) is 3.42. The van der Waals surface area contributed by atoms with Gasteiger partial charge >= 0.3 is 0 Å². The summed E-state index contributed by atoms with van der Waals surface area (Å²) < 4.78 is 0. The highest BCUT2D eigenvalue weighted by Gasteiger charge is 1.93. The molecule has 0 heterocycles. The summed E-state index contributed by atoms with van der Waals surface area (Å²) in [5, 5.41) is 9.64. The van der Waals surface area contributed by atoms with Crippen LogP contribution in [-0.4, -0.2) is 10.9 Å². The van der Waals surface area contributed by atoms with Gasteiger partial charge in [0.05, 0.1) is 0 Å². The highest BCUT2D eigenvalue weighted by Crippen LogP contribution is 2.19. The van der Waals surface area contributed by atoms with Gasteiger partial charge < -0.3 is 9.90 Å². The molecular weight excluding hydrogens is 200 g/mol. The van der Waals surface area contributed by atoms with Crippen molar-refractivity contribution in [2.75, 3.05) is 0 Å². The Morgan fingerprint density at radius 2 is 2.00 bits per heavy atom. The van der Waals surface area contributed by atoms with Gasteiger partial charge in [0.25, 0.3) is 0 Å². The summed E-state index contributed by atoms with van der Waals surface area (Å²) in [6.07, 6.45) is 0.667. The standard InChI is InChI=1S/C7H7ClO.C4H8O/c1-5-4-6(8)2-3-7(5)9;1-3-4(2)5/h2-4,9H,1H3;3H2,1-2H3. The fourth-order valence-corrected chi connectivity index (χ4v) is 0.846. The van der Waals surface area contributed by atoms with Crippen LogP contribution in [0.25, 0.3) is 0 Å². The van der Waals surface area contributed by atoms with E-state index in [1.165, 1.54) is 0 Å². The van der Waals surface area contributed by atoms with Crippen LogP contribution in [0.2, 0.25) is 5.02 Å². The minimum Gasteiger partial charge on any atom is -0.508 e. The van der Waals surface area contributed by atoms with E-state index in [0.717, 1.165) is 5.56 Å². The molecule has 0 aliphatic carbocycles. The predicted octanol–water partition coefficient (Wildman–Crippen LogP) is 3.34. The molecule has 0 spiro atoms. The lowest BCUT2D eigenvalue weighted by atomic mass is 10.2. The zero-order valence-corrected chi connectivity index (χ0v) is 9.43. The summed E-state index contributed by atoms with van der Waals surface area (Å²) in [4.78, 5) is 9.81. The van der Waals surface area contributed by atoms with Crippen molar-refractivity contribution in [1.29, 1.82) is 0 Å². The van der Waals surface area contributed by atoms with Crippen LogP contribution in [0.15, 0.2) is 18.2 Å². The van der Waals surface area contributed by atoms with E-state index in [4.69, 9.17) is 16.7 Å². The molecule has 3 heteroatoms. The minimum atomic E-state index is 0.255. The maximum atomic E-state index is 9.81. The van der Waals surface area contributed by atoms with Gasteiger partial charge in [-0.25, -0.2) is 0 Å². The molecule has 0 aliphatic heterocycles. The second kappa shape index (κ2) is 6.44. The van der Waals surface area contributed by atoms with Crippen LogP contribution in [0.5, 0.6) is 5.75 Å². The first-order valence-corrected chi connectivity index (χ1v) is 4.79. The lowest BCUT2D eigenvalue weighted by Gasteiger charge is -1.95. The monoisotopic (exact) mass is 214 g/mol. The smallest absolute Gasteiger partial charge is 0.129 e. The van der Waals surface area contributed by atoms with Crippen molar-refractivity contribution in [2.45, 2.75) is 27.2 Å². The zero-order valence-electron chi connectivity index (χ0n) is 8.67. The summed E-state index contributed by atoms with van der Waals surface area (Å²) in [5.74, 6) is 0.546. The number of carbonyl (C=O) groups excluding carboxylic acids is 1. The number of rotatable bonds is 1. The van der Waals surface area contributed by atoms with Crippen molar-refractivity contribution < 1.29 is 9.90 Å². The van der Waals surface area contributed by atoms with E-state index in [1.807, 2.05) is 6.92 Å². The normalized spacial score (nSPS) is 8.86. The quantitative estimate of drug-likeness (QED) is 0.779. The average Bonchev–Trinajstić information content (AvgIpc) is 2.13. The average molecular weight is 215 g/mol. The SMILES string of the molecule is CCC(C)=O.Cc1cc(Cl)ccc1O. The molecule has 0 bridgehead atoms. The Morgan fingerprint density at radius 1 is 1.50 bits per heavy atom. The van der Waals surface area contributed by atoms with Gasteiger partial charge in [0.15, 0.2) is 0 Å². The Labute approximate surface area is 89.5 Å². The maximum Gasteiger partial charge on any atom is 0.129 e. The van der Waals surface area contributed by atoms with Crippen LogP contribution in [0.4, 0.5) is 0 Å². The van der Waals surface area contributed by atoms with Gasteiger partial charge in [-0.2, -0.15) is 0 Å². The molecule has 1 aromatic carbocycles. The summed E-state index contributed by atoms with van der Waals surface area (Å²) >= 11 is 5.61. The molecule has 1 rings (SSSR count). The van der Waals surface area contributed by atoms with Crippen LogP contribution < -0.4 is 0 Å². The van der Waals surface area contributed by atoms with E-state index in [1.54, 1.807) is 32.0 Å². The third-order valence-electron chi connectivity index (χ3n) is 1.66. The van der Waals surface area contributed by atoms with E-state index in [0.29, 0.717) is 17.2 Å². The van der Waals surface area contributed by atoms with E-state index < -0.39 is 0 Å². The Hall–Kier alpha value is -1.02. The number of aromatic hydroxyl groups is 1. The van der Waals surface area contributed by atoms with Gasteiger partial charge in [0.2, 0.25) is 0 Å². The third-order valence-corrected chi connectivity index (χ3v) is 1.89.